The molecule has 148 valence electrons. The largest absolute Gasteiger partial charge is 0.340 e. The van der Waals surface area contributed by atoms with Crippen LogP contribution >= 0.6 is 0 Å². The highest BCUT2D eigenvalue weighted by Crippen LogP contribution is 2.20. The number of aromatic nitrogens is 6. The summed E-state index contributed by atoms with van der Waals surface area (Å²) in [5, 5.41) is 3.14. The third kappa shape index (κ3) is 4.09. The standard InChI is InChI=1S/C18H18N8O2S/c1-13-22-18(10-25(13)2)29(27,28)24-15-5-3-14(4-6-15)23-16-9-17(21-11-20-16)26-8-7-19-12-26/h3-12,24H,1-2H3,(H,20,21,23). The molecule has 0 amide bonds. The van der Waals surface area contributed by atoms with Gasteiger partial charge in [0.05, 0.1) is 0 Å². The van der Waals surface area contributed by atoms with Crippen LogP contribution in [0.3, 0.4) is 0 Å². The molecule has 1 aromatic carbocycles. The number of rotatable bonds is 6. The van der Waals surface area contributed by atoms with Crippen LogP contribution in [0.2, 0.25) is 0 Å². The molecule has 0 aliphatic heterocycles. The first-order valence-electron chi connectivity index (χ1n) is 8.61. The number of sulfonamides is 1. The summed E-state index contributed by atoms with van der Waals surface area (Å²) in [6, 6.07) is 8.60. The summed E-state index contributed by atoms with van der Waals surface area (Å²) >= 11 is 0. The second-order valence-electron chi connectivity index (χ2n) is 6.28. The molecule has 0 aliphatic carbocycles. The van der Waals surface area contributed by atoms with E-state index in [9.17, 15) is 8.42 Å². The van der Waals surface area contributed by atoms with Crippen LogP contribution in [-0.4, -0.2) is 37.5 Å². The Morgan fingerprint density at radius 2 is 1.83 bits per heavy atom. The molecule has 0 fully saturated rings. The lowest BCUT2D eigenvalue weighted by molar-refractivity contribution is 0.598. The Morgan fingerprint density at radius 1 is 1.07 bits per heavy atom. The van der Waals surface area contributed by atoms with E-state index in [1.165, 1.54) is 12.5 Å². The van der Waals surface area contributed by atoms with Crippen molar-refractivity contribution < 1.29 is 8.42 Å². The molecule has 0 unspecified atom stereocenters. The van der Waals surface area contributed by atoms with E-state index < -0.39 is 10.0 Å². The number of benzene rings is 1. The molecule has 0 atom stereocenters. The van der Waals surface area contributed by atoms with E-state index in [1.54, 1.807) is 72.2 Å². The number of anilines is 3. The average molecular weight is 410 g/mol. The van der Waals surface area contributed by atoms with Crippen molar-refractivity contribution in [2.45, 2.75) is 11.9 Å². The van der Waals surface area contributed by atoms with Gasteiger partial charge in [-0.25, -0.2) is 19.9 Å². The lowest BCUT2D eigenvalue weighted by Gasteiger charge is -2.09. The van der Waals surface area contributed by atoms with Crippen LogP contribution in [0.5, 0.6) is 0 Å². The Kier molecular flexibility index (Phi) is 4.72. The molecule has 11 heteroatoms. The molecule has 3 aromatic heterocycles. The molecule has 0 aliphatic rings. The van der Waals surface area contributed by atoms with Gasteiger partial charge < -0.3 is 9.88 Å². The molecule has 4 aromatic rings. The zero-order valence-corrected chi connectivity index (χ0v) is 16.5. The van der Waals surface area contributed by atoms with Crippen LogP contribution < -0.4 is 10.0 Å². The van der Waals surface area contributed by atoms with Gasteiger partial charge in [0.1, 0.15) is 30.1 Å². The summed E-state index contributed by atoms with van der Waals surface area (Å²) in [6.07, 6.45) is 8.03. The molecule has 2 N–H and O–H groups in total. The van der Waals surface area contributed by atoms with Gasteiger partial charge in [-0.2, -0.15) is 8.42 Å². The summed E-state index contributed by atoms with van der Waals surface area (Å²) in [5.74, 6) is 1.89. The molecule has 0 saturated heterocycles. The van der Waals surface area contributed by atoms with E-state index >= 15 is 0 Å². The molecule has 10 nitrogen and oxygen atoms in total. The van der Waals surface area contributed by atoms with Gasteiger partial charge in [0.25, 0.3) is 10.0 Å². The number of hydrogen-bond acceptors (Lipinski definition) is 7. The molecule has 0 bridgehead atoms. The van der Waals surface area contributed by atoms with E-state index in [2.05, 4.69) is 30.0 Å². The van der Waals surface area contributed by atoms with Gasteiger partial charge in [-0.15, -0.1) is 0 Å². The van der Waals surface area contributed by atoms with Gasteiger partial charge in [0.2, 0.25) is 0 Å². The van der Waals surface area contributed by atoms with Gasteiger partial charge in [-0.05, 0) is 31.2 Å². The van der Waals surface area contributed by atoms with E-state index in [-0.39, 0.29) is 5.03 Å². The van der Waals surface area contributed by atoms with Crippen LogP contribution in [0.4, 0.5) is 17.2 Å². The highest BCUT2D eigenvalue weighted by atomic mass is 32.2. The first-order chi connectivity index (χ1) is 13.9. The van der Waals surface area contributed by atoms with Crippen molar-refractivity contribution in [1.29, 1.82) is 0 Å². The summed E-state index contributed by atoms with van der Waals surface area (Å²) in [5.41, 5.74) is 1.18. The summed E-state index contributed by atoms with van der Waals surface area (Å²) in [7, 11) is -2.01. The van der Waals surface area contributed by atoms with Crippen molar-refractivity contribution in [3.63, 3.8) is 0 Å². The van der Waals surface area contributed by atoms with E-state index in [4.69, 9.17) is 0 Å². The number of hydrogen-bond donors (Lipinski definition) is 2. The minimum Gasteiger partial charge on any atom is -0.340 e. The topological polar surface area (TPSA) is 120 Å². The number of aryl methyl sites for hydroxylation is 2. The Balaban J connectivity index is 1.48. The maximum absolute atomic E-state index is 12.5. The molecular weight excluding hydrogens is 392 g/mol. The quantitative estimate of drug-likeness (QED) is 0.500. The highest BCUT2D eigenvalue weighted by Gasteiger charge is 2.18. The van der Waals surface area contributed by atoms with E-state index in [1.807, 2.05) is 0 Å². The van der Waals surface area contributed by atoms with Crippen LogP contribution in [-0.2, 0) is 17.1 Å². The zero-order chi connectivity index (χ0) is 20.4. The van der Waals surface area contributed by atoms with Gasteiger partial charge >= 0.3 is 0 Å². The Morgan fingerprint density at radius 3 is 2.48 bits per heavy atom. The number of nitrogens with zero attached hydrogens (tertiary/aromatic N) is 6. The van der Waals surface area contributed by atoms with Gasteiger partial charge in [0.15, 0.2) is 5.03 Å². The number of nitrogens with one attached hydrogen (secondary N) is 2. The molecule has 3 heterocycles. The Hall–Kier alpha value is -3.73. The van der Waals surface area contributed by atoms with Gasteiger partial charge in [0, 0.05) is 43.1 Å². The lowest BCUT2D eigenvalue weighted by atomic mass is 10.3. The van der Waals surface area contributed by atoms with Crippen molar-refractivity contribution in [3.05, 3.63) is 67.4 Å². The predicted octanol–water partition coefficient (Wildman–Crippen LogP) is 2.25. The van der Waals surface area contributed by atoms with Crippen molar-refractivity contribution in [2.24, 2.45) is 7.05 Å². The lowest BCUT2D eigenvalue weighted by Crippen LogP contribution is -2.13. The van der Waals surface area contributed by atoms with Crippen LogP contribution in [0.15, 0.2) is 66.6 Å². The highest BCUT2D eigenvalue weighted by molar-refractivity contribution is 7.92. The van der Waals surface area contributed by atoms with Crippen LogP contribution in [0.25, 0.3) is 5.82 Å². The van der Waals surface area contributed by atoms with Crippen molar-refractivity contribution >= 4 is 27.2 Å². The SMILES string of the molecule is Cc1nc(S(=O)(=O)Nc2ccc(Nc3cc(-n4ccnc4)ncn3)cc2)cn1C. The predicted molar refractivity (Wildman–Crippen MR) is 108 cm³/mol. The van der Waals surface area contributed by atoms with Gasteiger partial charge in [-0.1, -0.05) is 0 Å². The third-order valence-electron chi connectivity index (χ3n) is 4.19. The van der Waals surface area contributed by atoms with Gasteiger partial charge in [-0.3, -0.25) is 9.29 Å². The van der Waals surface area contributed by atoms with Crippen molar-refractivity contribution in [3.8, 4) is 5.82 Å². The monoisotopic (exact) mass is 410 g/mol. The molecule has 4 rings (SSSR count). The fraction of sp³-hybridized carbons (Fsp3) is 0.111. The summed E-state index contributed by atoms with van der Waals surface area (Å²) in [4.78, 5) is 16.5. The zero-order valence-electron chi connectivity index (χ0n) is 15.7. The first-order valence-corrected chi connectivity index (χ1v) is 10.1. The molecule has 0 saturated carbocycles. The third-order valence-corrected chi connectivity index (χ3v) is 5.44. The summed E-state index contributed by atoms with van der Waals surface area (Å²) < 4.78 is 30.9. The fourth-order valence-electron chi connectivity index (χ4n) is 2.58. The normalized spacial score (nSPS) is 11.4. The Bertz CT molecular complexity index is 1210. The fourth-order valence-corrected chi connectivity index (χ4v) is 3.68. The summed E-state index contributed by atoms with van der Waals surface area (Å²) in [6.45, 7) is 1.74. The Labute approximate surface area is 167 Å². The van der Waals surface area contributed by atoms with Crippen molar-refractivity contribution in [1.82, 2.24) is 29.1 Å². The van der Waals surface area contributed by atoms with Crippen LogP contribution in [0.1, 0.15) is 5.82 Å². The van der Waals surface area contributed by atoms with E-state index in [0.29, 0.717) is 23.1 Å². The minimum atomic E-state index is -3.75. The van der Waals surface area contributed by atoms with E-state index in [0.717, 1.165) is 5.69 Å². The second kappa shape index (κ2) is 7.36. The number of imidazole rings is 2. The smallest absolute Gasteiger partial charge is 0.280 e. The molecule has 29 heavy (non-hydrogen) atoms. The molecular formula is C18H18N8O2S. The maximum atomic E-state index is 12.5. The van der Waals surface area contributed by atoms with Crippen molar-refractivity contribution in [2.75, 3.05) is 10.0 Å². The maximum Gasteiger partial charge on any atom is 0.280 e. The molecule has 0 spiro atoms. The minimum absolute atomic E-state index is 0.0206. The second-order valence-corrected chi connectivity index (χ2v) is 7.91. The average Bonchev–Trinajstić information content (AvgIpc) is 3.34. The molecule has 0 radical (unpaired) electrons. The van der Waals surface area contributed by atoms with Crippen LogP contribution in [0, 0.1) is 6.92 Å². The first kappa shape index (κ1) is 18.6.